The third-order valence-electron chi connectivity index (χ3n) is 1.59. The first-order valence-electron chi connectivity index (χ1n) is 4.10. The van der Waals surface area contributed by atoms with Crippen LogP contribution in [0.25, 0.3) is 6.08 Å². The van der Waals surface area contributed by atoms with Crippen LogP contribution in [0.3, 0.4) is 0 Å². The smallest absolute Gasteiger partial charge is 0.307 e. The number of carbonyl (C=O) groups is 1. The zero-order chi connectivity index (χ0) is 10.6. The van der Waals surface area contributed by atoms with Gasteiger partial charge in [0.1, 0.15) is 5.15 Å². The van der Waals surface area contributed by atoms with Crippen molar-refractivity contribution in [3.63, 3.8) is 0 Å². The molecule has 14 heavy (non-hydrogen) atoms. The average Bonchev–Trinajstić information content (AvgIpc) is 2.10. The minimum Gasteiger partial charge on any atom is -0.481 e. The van der Waals surface area contributed by atoms with E-state index in [1.807, 2.05) is 13.0 Å². The highest BCUT2D eigenvalue weighted by Gasteiger charge is 1.98. The maximum absolute atomic E-state index is 10.2. The van der Waals surface area contributed by atoms with E-state index in [4.69, 9.17) is 16.7 Å². The predicted molar refractivity (Wildman–Crippen MR) is 55.3 cm³/mol. The minimum atomic E-state index is -0.863. The van der Waals surface area contributed by atoms with E-state index in [2.05, 4.69) is 4.98 Å². The number of carboxylic acids is 1. The molecule has 0 amide bonds. The summed E-state index contributed by atoms with van der Waals surface area (Å²) < 4.78 is 0. The van der Waals surface area contributed by atoms with Gasteiger partial charge in [-0.25, -0.2) is 4.98 Å². The largest absolute Gasteiger partial charge is 0.481 e. The minimum absolute atomic E-state index is 0.00965. The third kappa shape index (κ3) is 3.18. The van der Waals surface area contributed by atoms with Crippen LogP contribution in [0.4, 0.5) is 0 Å². The van der Waals surface area contributed by atoms with Crippen molar-refractivity contribution >= 4 is 23.6 Å². The van der Waals surface area contributed by atoms with Crippen molar-refractivity contribution in [3.05, 3.63) is 34.6 Å². The fourth-order valence-corrected chi connectivity index (χ4v) is 1.15. The van der Waals surface area contributed by atoms with Gasteiger partial charge in [0.2, 0.25) is 0 Å². The van der Waals surface area contributed by atoms with E-state index in [0.717, 1.165) is 11.1 Å². The van der Waals surface area contributed by atoms with Crippen LogP contribution < -0.4 is 0 Å². The summed E-state index contributed by atoms with van der Waals surface area (Å²) >= 11 is 5.80. The lowest BCUT2D eigenvalue weighted by molar-refractivity contribution is -0.135. The molecule has 4 heteroatoms. The summed E-state index contributed by atoms with van der Waals surface area (Å²) in [6, 6.07) is 1.85. The van der Waals surface area contributed by atoms with Crippen LogP contribution in [0.15, 0.2) is 18.3 Å². The third-order valence-corrected chi connectivity index (χ3v) is 1.91. The number of aliphatic carboxylic acids is 1. The zero-order valence-corrected chi connectivity index (χ0v) is 8.45. The fraction of sp³-hybridized carbons (Fsp3) is 0.200. The molecule has 3 nitrogen and oxygen atoms in total. The van der Waals surface area contributed by atoms with Crippen LogP contribution >= 0.6 is 11.6 Å². The lowest BCUT2D eigenvalue weighted by atomic mass is 10.2. The first-order chi connectivity index (χ1) is 6.59. The van der Waals surface area contributed by atoms with E-state index >= 15 is 0 Å². The van der Waals surface area contributed by atoms with E-state index in [1.165, 1.54) is 0 Å². The molecule has 1 N–H and O–H groups in total. The lowest BCUT2D eigenvalue weighted by Crippen LogP contribution is -1.90. The Balaban J connectivity index is 2.80. The molecule has 0 aliphatic carbocycles. The van der Waals surface area contributed by atoms with Crippen molar-refractivity contribution in [1.82, 2.24) is 4.98 Å². The number of nitrogens with zero attached hydrogens (tertiary/aromatic N) is 1. The van der Waals surface area contributed by atoms with E-state index < -0.39 is 5.97 Å². The summed E-state index contributed by atoms with van der Waals surface area (Å²) in [4.78, 5) is 14.2. The molecule has 1 aromatic rings. The number of carboxylic acid groups (broad SMARTS) is 1. The van der Waals surface area contributed by atoms with Crippen LogP contribution in [0.5, 0.6) is 0 Å². The molecule has 0 fully saturated rings. The molecule has 0 aromatic carbocycles. The van der Waals surface area contributed by atoms with E-state index in [9.17, 15) is 4.79 Å². The fourth-order valence-electron chi connectivity index (χ4n) is 0.979. The van der Waals surface area contributed by atoms with Crippen molar-refractivity contribution in [1.29, 1.82) is 0 Å². The number of rotatable bonds is 3. The topological polar surface area (TPSA) is 50.2 Å². The second kappa shape index (κ2) is 4.77. The van der Waals surface area contributed by atoms with Gasteiger partial charge in [0, 0.05) is 11.8 Å². The summed E-state index contributed by atoms with van der Waals surface area (Å²) in [6.45, 7) is 1.90. The highest BCUT2D eigenvalue weighted by Crippen LogP contribution is 2.15. The molecule has 1 heterocycles. The summed E-state index contributed by atoms with van der Waals surface area (Å²) in [6.07, 6.45) is 4.86. The highest BCUT2D eigenvalue weighted by molar-refractivity contribution is 6.30. The van der Waals surface area contributed by atoms with Gasteiger partial charge < -0.3 is 5.11 Å². The van der Waals surface area contributed by atoms with Gasteiger partial charge in [0.15, 0.2) is 0 Å². The Morgan fingerprint density at radius 1 is 1.71 bits per heavy atom. The van der Waals surface area contributed by atoms with E-state index in [-0.39, 0.29) is 6.42 Å². The first-order valence-corrected chi connectivity index (χ1v) is 4.48. The Bertz CT molecular complexity index is 374. The molecule has 0 unspecified atom stereocenters. The molecule has 0 atom stereocenters. The molecule has 0 saturated carbocycles. The zero-order valence-electron chi connectivity index (χ0n) is 7.70. The summed E-state index contributed by atoms with van der Waals surface area (Å²) in [5, 5.41) is 8.80. The number of aryl methyl sites for hydroxylation is 1. The SMILES string of the molecule is Cc1cnc(Cl)c(C=CCC(=O)O)c1. The van der Waals surface area contributed by atoms with Gasteiger partial charge in [-0.3, -0.25) is 4.79 Å². The summed E-state index contributed by atoms with van der Waals surface area (Å²) in [7, 11) is 0. The molecule has 0 spiro atoms. The normalized spacial score (nSPS) is 10.7. The maximum Gasteiger partial charge on any atom is 0.307 e. The molecule has 0 bridgehead atoms. The lowest BCUT2D eigenvalue weighted by Gasteiger charge is -1.98. The van der Waals surface area contributed by atoms with Crippen LogP contribution in [0, 0.1) is 6.92 Å². The van der Waals surface area contributed by atoms with Crippen LogP contribution in [-0.2, 0) is 4.79 Å². The van der Waals surface area contributed by atoms with Crippen LogP contribution in [-0.4, -0.2) is 16.1 Å². The van der Waals surface area contributed by atoms with Gasteiger partial charge in [-0.2, -0.15) is 0 Å². The Labute approximate surface area is 87.0 Å². The van der Waals surface area contributed by atoms with Crippen molar-refractivity contribution in [2.24, 2.45) is 0 Å². The Morgan fingerprint density at radius 2 is 2.43 bits per heavy atom. The maximum atomic E-state index is 10.2. The van der Waals surface area contributed by atoms with Gasteiger partial charge in [-0.15, -0.1) is 0 Å². The highest BCUT2D eigenvalue weighted by atomic mass is 35.5. The Kier molecular flexibility index (Phi) is 3.65. The molecule has 0 saturated heterocycles. The molecular formula is C10H10ClNO2. The molecule has 0 aliphatic rings. The number of hydrogen-bond acceptors (Lipinski definition) is 2. The molecule has 0 aliphatic heterocycles. The monoisotopic (exact) mass is 211 g/mol. The Hall–Kier alpha value is -1.35. The van der Waals surface area contributed by atoms with Crippen LogP contribution in [0.1, 0.15) is 17.5 Å². The number of pyridine rings is 1. The van der Waals surface area contributed by atoms with Crippen molar-refractivity contribution in [2.75, 3.05) is 0 Å². The number of halogens is 1. The Morgan fingerprint density at radius 3 is 3.07 bits per heavy atom. The van der Waals surface area contributed by atoms with Gasteiger partial charge in [0.25, 0.3) is 0 Å². The quantitative estimate of drug-likeness (QED) is 0.782. The van der Waals surface area contributed by atoms with Crippen LogP contribution in [0.2, 0.25) is 5.15 Å². The summed E-state index contributed by atoms with van der Waals surface area (Å²) in [5.74, 6) is -0.863. The molecule has 1 aromatic heterocycles. The predicted octanol–water partition coefficient (Wildman–Crippen LogP) is 2.53. The van der Waals surface area contributed by atoms with Gasteiger partial charge in [-0.05, 0) is 18.6 Å². The van der Waals surface area contributed by atoms with Gasteiger partial charge in [-0.1, -0.05) is 23.8 Å². The number of hydrogen-bond donors (Lipinski definition) is 1. The molecule has 1 rings (SSSR count). The second-order valence-corrected chi connectivity index (χ2v) is 3.25. The summed E-state index contributed by atoms with van der Waals surface area (Å²) in [5.41, 5.74) is 1.73. The van der Waals surface area contributed by atoms with Crippen molar-refractivity contribution in [3.8, 4) is 0 Å². The molecule has 0 radical (unpaired) electrons. The molecule has 74 valence electrons. The second-order valence-electron chi connectivity index (χ2n) is 2.89. The van der Waals surface area contributed by atoms with Gasteiger partial charge >= 0.3 is 5.97 Å². The average molecular weight is 212 g/mol. The number of aromatic nitrogens is 1. The van der Waals surface area contributed by atoms with Gasteiger partial charge in [0.05, 0.1) is 6.42 Å². The van der Waals surface area contributed by atoms with E-state index in [0.29, 0.717) is 5.15 Å². The van der Waals surface area contributed by atoms with E-state index in [1.54, 1.807) is 18.3 Å². The van der Waals surface area contributed by atoms with Crippen molar-refractivity contribution in [2.45, 2.75) is 13.3 Å². The standard InChI is InChI=1S/C10H10ClNO2/c1-7-5-8(10(11)12-6-7)3-2-4-9(13)14/h2-3,5-6H,4H2,1H3,(H,13,14). The van der Waals surface area contributed by atoms with Crippen molar-refractivity contribution < 1.29 is 9.90 Å². The first kappa shape index (κ1) is 10.7. The molecular weight excluding hydrogens is 202 g/mol.